The maximum absolute atomic E-state index is 13.8. The highest BCUT2D eigenvalue weighted by Crippen LogP contribution is 2.43. The maximum atomic E-state index is 13.8. The van der Waals surface area contributed by atoms with Crippen molar-refractivity contribution < 1.29 is 8.42 Å². The fraction of sp³-hybridized carbons (Fsp3) is 0.250. The van der Waals surface area contributed by atoms with Crippen molar-refractivity contribution in [2.75, 3.05) is 61.3 Å². The van der Waals surface area contributed by atoms with Crippen LogP contribution in [0.15, 0.2) is 77.7 Å². The van der Waals surface area contributed by atoms with Crippen LogP contribution < -0.4 is 19.0 Å². The second-order valence-electron chi connectivity index (χ2n) is 7.93. The van der Waals surface area contributed by atoms with Crippen molar-refractivity contribution in [3.8, 4) is 0 Å². The molecule has 0 saturated carbocycles. The van der Waals surface area contributed by atoms with Crippen LogP contribution in [-0.2, 0) is 10.0 Å². The Bertz CT molecular complexity index is 1100. The van der Waals surface area contributed by atoms with Gasteiger partial charge in [0.25, 0.3) is 10.0 Å². The Morgan fingerprint density at radius 3 is 1.45 bits per heavy atom. The topological polar surface area (TPSA) is 47.1 Å². The minimum Gasteiger partial charge on any atom is -0.376 e. The Hall–Kier alpha value is -3.19. The van der Waals surface area contributed by atoms with E-state index in [9.17, 15) is 8.42 Å². The molecule has 0 amide bonds. The van der Waals surface area contributed by atoms with Crippen LogP contribution in [0, 0.1) is 0 Å². The van der Waals surface area contributed by atoms with Crippen molar-refractivity contribution in [2.24, 2.45) is 0 Å². The molecule has 3 aromatic carbocycles. The molecule has 0 aliphatic heterocycles. The molecule has 0 atom stereocenters. The monoisotopic (exact) mass is 438 g/mol. The summed E-state index contributed by atoms with van der Waals surface area (Å²) in [4.78, 5) is 6.30. The van der Waals surface area contributed by atoms with Gasteiger partial charge in [0.05, 0.1) is 33.3 Å². The molecule has 0 aliphatic rings. The summed E-state index contributed by atoms with van der Waals surface area (Å²) in [6.07, 6.45) is 0. The molecule has 0 unspecified atom stereocenters. The molecule has 0 aromatic heterocycles. The number of anilines is 5. The van der Waals surface area contributed by atoms with Gasteiger partial charge < -0.3 is 14.7 Å². The first-order valence-electron chi connectivity index (χ1n) is 10.00. The maximum Gasteiger partial charge on any atom is 0.268 e. The molecule has 0 saturated heterocycles. The molecule has 0 spiro atoms. The highest BCUT2D eigenvalue weighted by atomic mass is 32.2. The van der Waals surface area contributed by atoms with Gasteiger partial charge in [-0.2, -0.15) is 0 Å². The van der Waals surface area contributed by atoms with Gasteiger partial charge in [-0.25, -0.2) is 12.7 Å². The lowest BCUT2D eigenvalue weighted by atomic mass is 10.1. The molecule has 0 radical (unpaired) electrons. The molecule has 0 aliphatic carbocycles. The van der Waals surface area contributed by atoms with E-state index in [1.807, 2.05) is 106 Å². The second-order valence-corrected chi connectivity index (χ2v) is 9.72. The standard InChI is InChI=1S/C24H30N4O2S/c1-25(2)22-17-20(18-23(26(3)4)24(22)27(5)6)28(19-13-9-7-10-14-19)31(29,30)21-15-11-8-12-16-21/h7-18H,1-6H3. The predicted molar refractivity (Wildman–Crippen MR) is 132 cm³/mol. The SMILES string of the molecule is CN(C)c1cc(N(c2ccccc2)S(=O)(=O)c2ccccc2)cc(N(C)C)c1N(C)C. The van der Waals surface area contributed by atoms with Gasteiger partial charge in [0.1, 0.15) is 0 Å². The van der Waals surface area contributed by atoms with Crippen LogP contribution in [0.1, 0.15) is 0 Å². The number of rotatable bonds is 7. The van der Waals surface area contributed by atoms with Crippen molar-refractivity contribution >= 4 is 38.5 Å². The lowest BCUT2D eigenvalue weighted by molar-refractivity contribution is 0.596. The van der Waals surface area contributed by atoms with Crippen LogP contribution in [0.5, 0.6) is 0 Å². The summed E-state index contributed by atoms with van der Waals surface area (Å²) in [5.74, 6) is 0. The van der Waals surface area contributed by atoms with Gasteiger partial charge in [0.2, 0.25) is 0 Å². The lowest BCUT2D eigenvalue weighted by Gasteiger charge is -2.32. The van der Waals surface area contributed by atoms with E-state index in [-0.39, 0.29) is 4.90 Å². The van der Waals surface area contributed by atoms with Gasteiger partial charge in [0, 0.05) is 42.3 Å². The van der Waals surface area contributed by atoms with Gasteiger partial charge in [-0.05, 0) is 36.4 Å². The summed E-state index contributed by atoms with van der Waals surface area (Å²) < 4.78 is 29.0. The van der Waals surface area contributed by atoms with Crippen molar-refractivity contribution in [2.45, 2.75) is 4.90 Å². The minimum atomic E-state index is -3.84. The Morgan fingerprint density at radius 1 is 0.581 bits per heavy atom. The Kier molecular flexibility index (Phi) is 6.45. The quantitative estimate of drug-likeness (QED) is 0.547. The molecule has 0 bridgehead atoms. The van der Waals surface area contributed by atoms with E-state index in [4.69, 9.17) is 0 Å². The third-order valence-corrected chi connectivity index (χ3v) is 6.74. The zero-order valence-corrected chi connectivity index (χ0v) is 19.8. The summed E-state index contributed by atoms with van der Waals surface area (Å²) in [5.41, 5.74) is 4.03. The second kappa shape index (κ2) is 8.89. The van der Waals surface area contributed by atoms with E-state index >= 15 is 0 Å². The molecule has 0 heterocycles. The molecule has 31 heavy (non-hydrogen) atoms. The zero-order valence-electron chi connectivity index (χ0n) is 18.9. The van der Waals surface area contributed by atoms with E-state index in [1.165, 1.54) is 4.31 Å². The normalized spacial score (nSPS) is 11.2. The molecule has 6 nitrogen and oxygen atoms in total. The number of para-hydroxylation sites is 1. The third kappa shape index (κ3) is 4.46. The van der Waals surface area contributed by atoms with Gasteiger partial charge >= 0.3 is 0 Å². The van der Waals surface area contributed by atoms with E-state index in [1.54, 1.807) is 24.3 Å². The van der Waals surface area contributed by atoms with Crippen molar-refractivity contribution in [1.82, 2.24) is 0 Å². The predicted octanol–water partition coefficient (Wildman–Crippen LogP) is 4.41. The highest BCUT2D eigenvalue weighted by Gasteiger charge is 2.29. The van der Waals surface area contributed by atoms with Gasteiger partial charge in [-0.1, -0.05) is 36.4 Å². The molecule has 0 N–H and O–H groups in total. The zero-order chi connectivity index (χ0) is 22.8. The summed E-state index contributed by atoms with van der Waals surface area (Å²) in [6, 6.07) is 21.6. The first kappa shape index (κ1) is 22.5. The number of nitrogens with zero attached hydrogens (tertiary/aromatic N) is 4. The van der Waals surface area contributed by atoms with E-state index in [2.05, 4.69) is 0 Å². The van der Waals surface area contributed by atoms with Gasteiger partial charge in [0.15, 0.2) is 0 Å². The molecule has 3 rings (SSSR count). The van der Waals surface area contributed by atoms with E-state index in [0.717, 1.165) is 17.1 Å². The Balaban J connectivity index is 2.35. The minimum absolute atomic E-state index is 0.244. The molecular weight excluding hydrogens is 408 g/mol. The average Bonchev–Trinajstić information content (AvgIpc) is 2.74. The van der Waals surface area contributed by atoms with Crippen molar-refractivity contribution in [3.63, 3.8) is 0 Å². The molecule has 0 fully saturated rings. The highest BCUT2D eigenvalue weighted by molar-refractivity contribution is 7.93. The first-order chi connectivity index (χ1) is 14.6. The number of hydrogen-bond donors (Lipinski definition) is 0. The van der Waals surface area contributed by atoms with Crippen LogP contribution in [0.4, 0.5) is 28.4 Å². The Morgan fingerprint density at radius 2 is 1.03 bits per heavy atom. The number of benzene rings is 3. The van der Waals surface area contributed by atoms with E-state index in [0.29, 0.717) is 11.4 Å². The van der Waals surface area contributed by atoms with Crippen molar-refractivity contribution in [1.29, 1.82) is 0 Å². The van der Waals surface area contributed by atoms with Gasteiger partial charge in [-0.3, -0.25) is 0 Å². The van der Waals surface area contributed by atoms with E-state index < -0.39 is 10.0 Å². The van der Waals surface area contributed by atoms with Crippen LogP contribution in [0.3, 0.4) is 0 Å². The van der Waals surface area contributed by atoms with Crippen LogP contribution in [0.25, 0.3) is 0 Å². The summed E-state index contributed by atoms with van der Waals surface area (Å²) in [7, 11) is 7.99. The molecule has 3 aromatic rings. The van der Waals surface area contributed by atoms with Crippen LogP contribution >= 0.6 is 0 Å². The van der Waals surface area contributed by atoms with Crippen LogP contribution in [0.2, 0.25) is 0 Å². The smallest absolute Gasteiger partial charge is 0.268 e. The summed E-state index contributed by atoms with van der Waals surface area (Å²) in [5, 5.41) is 0. The van der Waals surface area contributed by atoms with Crippen LogP contribution in [-0.4, -0.2) is 50.7 Å². The fourth-order valence-corrected chi connectivity index (χ4v) is 5.03. The van der Waals surface area contributed by atoms with Crippen molar-refractivity contribution in [3.05, 3.63) is 72.8 Å². The lowest BCUT2D eigenvalue weighted by Crippen LogP contribution is -2.28. The fourth-order valence-electron chi connectivity index (χ4n) is 3.53. The first-order valence-corrected chi connectivity index (χ1v) is 11.4. The largest absolute Gasteiger partial charge is 0.376 e. The summed E-state index contributed by atoms with van der Waals surface area (Å²) >= 11 is 0. The molecular formula is C24H30N4O2S. The average molecular weight is 439 g/mol. The summed E-state index contributed by atoms with van der Waals surface area (Å²) in [6.45, 7) is 0. The van der Waals surface area contributed by atoms with Gasteiger partial charge in [-0.15, -0.1) is 0 Å². The third-order valence-electron chi connectivity index (χ3n) is 4.97. The number of hydrogen-bond acceptors (Lipinski definition) is 5. The number of sulfonamides is 1. The Labute approximate surface area is 186 Å². The molecule has 7 heteroatoms. The molecule has 164 valence electrons.